The van der Waals surface area contributed by atoms with E-state index >= 15 is 0 Å². The minimum atomic E-state index is -0.0779. The van der Waals surface area contributed by atoms with Crippen molar-refractivity contribution in [1.82, 2.24) is 0 Å². The lowest BCUT2D eigenvalue weighted by Gasteiger charge is -2.37. The number of aryl methyl sites for hydroxylation is 1. The van der Waals surface area contributed by atoms with Gasteiger partial charge < -0.3 is 0 Å². The van der Waals surface area contributed by atoms with E-state index in [2.05, 4.69) is 107 Å². The molecule has 0 aliphatic heterocycles. The molecule has 35 heavy (non-hydrogen) atoms. The molecular formula is C34H43N. The largest absolute Gasteiger partial charge is 0.288 e. The zero-order chi connectivity index (χ0) is 25.0. The first-order valence-corrected chi connectivity index (χ1v) is 13.6. The molecule has 1 fully saturated rings. The van der Waals surface area contributed by atoms with Gasteiger partial charge in [0.2, 0.25) is 0 Å². The molecular weight excluding hydrogens is 422 g/mol. The normalized spacial score (nSPS) is 24.9. The van der Waals surface area contributed by atoms with Crippen molar-refractivity contribution in [2.45, 2.75) is 72.6 Å². The fourth-order valence-electron chi connectivity index (χ4n) is 6.52. The van der Waals surface area contributed by atoms with Crippen molar-refractivity contribution in [2.75, 3.05) is 7.05 Å². The Hall–Kier alpha value is -2.67. The maximum Gasteiger partial charge on any atom is 0.0687 e. The number of hydrogen-bond acceptors (Lipinski definition) is 1. The predicted octanol–water partition coefficient (Wildman–Crippen LogP) is 7.52. The minimum Gasteiger partial charge on any atom is -0.288 e. The van der Waals surface area contributed by atoms with Gasteiger partial charge in [0.1, 0.15) is 0 Å². The first kappa shape index (κ1) is 25.4. The van der Waals surface area contributed by atoms with Crippen LogP contribution in [-0.4, -0.2) is 12.8 Å². The molecule has 1 unspecified atom stereocenters. The fraction of sp³-hybridized carbons (Fsp3) is 0.441. The molecule has 2 aromatic carbocycles. The molecule has 0 aromatic heterocycles. The molecule has 0 amide bonds. The average Bonchev–Trinajstić information content (AvgIpc) is 2.86. The van der Waals surface area contributed by atoms with E-state index in [-0.39, 0.29) is 5.41 Å². The molecule has 0 spiro atoms. The Balaban J connectivity index is 1.85. The number of hydrogen-bond donors (Lipinski definition) is 0. The zero-order valence-corrected chi connectivity index (χ0v) is 22.6. The van der Waals surface area contributed by atoms with Gasteiger partial charge in [0.25, 0.3) is 0 Å². The molecule has 1 nitrogen and oxygen atoms in total. The van der Waals surface area contributed by atoms with E-state index < -0.39 is 0 Å². The van der Waals surface area contributed by atoms with Crippen LogP contribution in [0.15, 0.2) is 71.8 Å². The second-order valence-electron chi connectivity index (χ2n) is 11.0. The Morgan fingerprint density at radius 2 is 1.66 bits per heavy atom. The van der Waals surface area contributed by atoms with E-state index in [1.165, 1.54) is 58.4 Å². The van der Waals surface area contributed by atoms with Gasteiger partial charge in [-0.3, -0.25) is 4.99 Å². The summed E-state index contributed by atoms with van der Waals surface area (Å²) < 4.78 is 0. The van der Waals surface area contributed by atoms with Crippen LogP contribution in [-0.2, 0) is 0 Å². The molecule has 2 aromatic rings. The summed E-state index contributed by atoms with van der Waals surface area (Å²) in [5, 5.41) is 2.66. The van der Waals surface area contributed by atoms with Crippen LogP contribution in [0.3, 0.4) is 0 Å². The van der Waals surface area contributed by atoms with E-state index in [4.69, 9.17) is 4.99 Å². The highest BCUT2D eigenvalue weighted by Gasteiger charge is 2.35. The molecule has 0 radical (unpaired) electrons. The van der Waals surface area contributed by atoms with Crippen LogP contribution in [0.2, 0.25) is 0 Å². The Morgan fingerprint density at radius 1 is 0.971 bits per heavy atom. The summed E-state index contributed by atoms with van der Waals surface area (Å²) in [7, 11) is 1.97. The number of aliphatic imine (C=N–C) groups is 1. The average molecular weight is 466 g/mol. The van der Waals surface area contributed by atoms with Crippen LogP contribution < -0.4 is 10.4 Å². The third kappa shape index (κ3) is 5.15. The highest BCUT2D eigenvalue weighted by Crippen LogP contribution is 2.42. The lowest BCUT2D eigenvalue weighted by Crippen LogP contribution is -2.40. The highest BCUT2D eigenvalue weighted by atomic mass is 14.7. The van der Waals surface area contributed by atoms with Crippen molar-refractivity contribution in [2.24, 2.45) is 22.2 Å². The fourth-order valence-corrected chi connectivity index (χ4v) is 6.52. The number of benzene rings is 2. The molecule has 4 rings (SSSR count). The van der Waals surface area contributed by atoms with E-state index in [0.717, 1.165) is 18.1 Å². The van der Waals surface area contributed by atoms with Crippen LogP contribution >= 0.6 is 0 Å². The summed E-state index contributed by atoms with van der Waals surface area (Å²) in [6.07, 6.45) is 17.9. The number of fused-ring (bicyclic) bond motifs is 1. The van der Waals surface area contributed by atoms with E-state index in [0.29, 0.717) is 11.8 Å². The van der Waals surface area contributed by atoms with Gasteiger partial charge in [-0.05, 0) is 79.0 Å². The maximum absolute atomic E-state index is 5.00. The smallest absolute Gasteiger partial charge is 0.0687 e. The SMILES string of the molecule is CC=CC(C)(C=CC)C1CC=c2ccccc2=C1/C(=N\C)c1ccc(C2CCC(C)CC2)cc1C. The standard InChI is InChI=1S/C34H43N/c1-7-21-34(5,22-8-2)31-20-18-27-11-9-10-12-30(27)32(31)33(35-6)29-19-17-28(23-25(29)4)26-15-13-24(3)14-16-26/h7-12,17-19,21-24,26,31H,13-16,20H2,1-6H3/b21-7?,22-8?,35-33-. The van der Waals surface area contributed by atoms with Crippen LogP contribution in [0.5, 0.6) is 0 Å². The molecule has 2 aliphatic rings. The topological polar surface area (TPSA) is 12.4 Å². The van der Waals surface area contributed by atoms with Gasteiger partial charge in [-0.25, -0.2) is 0 Å². The van der Waals surface area contributed by atoms with E-state index in [9.17, 15) is 0 Å². The van der Waals surface area contributed by atoms with E-state index in [1.54, 1.807) is 0 Å². The molecule has 1 heteroatoms. The highest BCUT2D eigenvalue weighted by molar-refractivity contribution is 6.28. The molecule has 0 heterocycles. The van der Waals surface area contributed by atoms with Gasteiger partial charge in [0.15, 0.2) is 0 Å². The third-order valence-electron chi connectivity index (χ3n) is 8.45. The van der Waals surface area contributed by atoms with Crippen molar-refractivity contribution in [3.05, 3.63) is 93.9 Å². The Morgan fingerprint density at radius 3 is 2.29 bits per heavy atom. The Kier molecular flexibility index (Phi) is 7.95. The van der Waals surface area contributed by atoms with Crippen LogP contribution in [0.1, 0.15) is 82.4 Å². The quantitative estimate of drug-likeness (QED) is 0.309. The van der Waals surface area contributed by atoms with Crippen molar-refractivity contribution in [3.8, 4) is 0 Å². The zero-order valence-electron chi connectivity index (χ0n) is 22.6. The second-order valence-corrected chi connectivity index (χ2v) is 11.0. The molecule has 1 saturated carbocycles. The van der Waals surface area contributed by atoms with Crippen LogP contribution in [0.4, 0.5) is 0 Å². The van der Waals surface area contributed by atoms with E-state index in [1.807, 2.05) is 7.05 Å². The minimum absolute atomic E-state index is 0.0779. The molecule has 0 bridgehead atoms. The Labute approximate surface area is 213 Å². The van der Waals surface area contributed by atoms with Gasteiger partial charge in [-0.1, -0.05) is 99.5 Å². The lowest BCUT2D eigenvalue weighted by molar-refractivity contribution is 0.348. The summed E-state index contributed by atoms with van der Waals surface area (Å²) in [5.41, 5.74) is 6.59. The van der Waals surface area contributed by atoms with Crippen molar-refractivity contribution < 1.29 is 0 Å². The number of allylic oxidation sites excluding steroid dienone is 4. The molecule has 2 aliphatic carbocycles. The van der Waals surface area contributed by atoms with Crippen molar-refractivity contribution in [3.63, 3.8) is 0 Å². The van der Waals surface area contributed by atoms with Crippen LogP contribution in [0.25, 0.3) is 11.6 Å². The summed E-state index contributed by atoms with van der Waals surface area (Å²) in [6.45, 7) is 11.3. The van der Waals surface area contributed by atoms with Gasteiger partial charge in [-0.15, -0.1) is 0 Å². The predicted molar refractivity (Wildman–Crippen MR) is 153 cm³/mol. The van der Waals surface area contributed by atoms with Gasteiger partial charge in [0.05, 0.1) is 5.71 Å². The number of nitrogens with zero attached hydrogens (tertiary/aromatic N) is 1. The van der Waals surface area contributed by atoms with Crippen molar-refractivity contribution >= 4 is 17.4 Å². The Bertz CT molecular complexity index is 1240. The molecule has 0 saturated heterocycles. The first-order valence-electron chi connectivity index (χ1n) is 13.6. The molecule has 0 N–H and O–H groups in total. The lowest BCUT2D eigenvalue weighted by atomic mass is 9.67. The van der Waals surface area contributed by atoms with Gasteiger partial charge in [-0.2, -0.15) is 0 Å². The molecule has 184 valence electrons. The third-order valence-corrected chi connectivity index (χ3v) is 8.45. The molecule has 1 atom stereocenters. The monoisotopic (exact) mass is 465 g/mol. The summed E-state index contributed by atoms with van der Waals surface area (Å²) >= 11 is 0. The number of rotatable bonds is 6. The van der Waals surface area contributed by atoms with Gasteiger partial charge >= 0.3 is 0 Å². The second kappa shape index (κ2) is 10.9. The summed E-state index contributed by atoms with van der Waals surface area (Å²) in [6, 6.07) is 16.1. The maximum atomic E-state index is 5.00. The first-order chi connectivity index (χ1) is 16.9. The summed E-state index contributed by atoms with van der Waals surface area (Å²) in [4.78, 5) is 5.00. The van der Waals surface area contributed by atoms with Crippen LogP contribution in [0, 0.1) is 24.2 Å². The van der Waals surface area contributed by atoms with Crippen molar-refractivity contribution in [1.29, 1.82) is 0 Å². The van der Waals surface area contributed by atoms with Gasteiger partial charge in [0, 0.05) is 23.9 Å². The summed E-state index contributed by atoms with van der Waals surface area (Å²) in [5.74, 6) is 1.91.